The van der Waals surface area contributed by atoms with Crippen molar-refractivity contribution in [3.05, 3.63) is 45.9 Å². The topological polar surface area (TPSA) is 45.2 Å². The Bertz CT molecular complexity index is 654. The molecule has 1 N–H and O–H groups in total. The van der Waals surface area contributed by atoms with E-state index in [1.807, 2.05) is 42.5 Å². The van der Waals surface area contributed by atoms with E-state index in [-0.39, 0.29) is 5.91 Å². The first-order valence-electron chi connectivity index (χ1n) is 7.62. The molecule has 3 rings (SSSR count). The van der Waals surface area contributed by atoms with Gasteiger partial charge in [-0.25, -0.2) is 0 Å². The van der Waals surface area contributed by atoms with Crippen LogP contribution in [0.25, 0.3) is 0 Å². The minimum absolute atomic E-state index is 0.228. The Balaban J connectivity index is 1.67. The number of carbonyl (C=O) groups excluding carboxylic acids is 1. The summed E-state index contributed by atoms with van der Waals surface area (Å²) in [5.41, 5.74) is 3.20. The van der Waals surface area contributed by atoms with Crippen LogP contribution in [0.2, 0.25) is 0 Å². The second-order valence-electron chi connectivity index (χ2n) is 5.75. The van der Waals surface area contributed by atoms with Gasteiger partial charge in [-0.1, -0.05) is 6.07 Å². The number of nitrogens with zero attached hydrogens (tertiary/aromatic N) is 2. The number of carbonyl (C=O) groups is 1. The van der Waals surface area contributed by atoms with Crippen molar-refractivity contribution in [2.75, 3.05) is 25.5 Å². The third-order valence-corrected chi connectivity index (χ3v) is 5.00. The molecule has 1 aliphatic rings. The van der Waals surface area contributed by atoms with Crippen molar-refractivity contribution in [1.82, 2.24) is 9.88 Å². The van der Waals surface area contributed by atoms with E-state index in [0.29, 0.717) is 12.3 Å². The Morgan fingerprint density at radius 3 is 3.09 bits per heavy atom. The molecule has 2 aromatic heterocycles. The smallest absolute Gasteiger partial charge is 0.227 e. The number of hydrogen-bond donors (Lipinski definition) is 1. The lowest BCUT2D eigenvalue weighted by atomic mass is 10.0. The number of anilines is 1. The first kappa shape index (κ1) is 15.0. The van der Waals surface area contributed by atoms with E-state index in [2.05, 4.69) is 16.4 Å². The molecular formula is C17H21N3OS. The predicted molar refractivity (Wildman–Crippen MR) is 90.5 cm³/mol. The van der Waals surface area contributed by atoms with Gasteiger partial charge in [-0.2, -0.15) is 0 Å². The van der Waals surface area contributed by atoms with Crippen molar-refractivity contribution in [1.29, 1.82) is 0 Å². The molecule has 5 heteroatoms. The number of hydrogen-bond acceptors (Lipinski definition) is 4. The van der Waals surface area contributed by atoms with E-state index >= 15 is 0 Å². The molecule has 0 bridgehead atoms. The van der Waals surface area contributed by atoms with Gasteiger partial charge in [0.05, 0.1) is 6.42 Å². The van der Waals surface area contributed by atoms with Crippen molar-refractivity contribution in [2.45, 2.75) is 25.7 Å². The van der Waals surface area contributed by atoms with Gasteiger partial charge in [0.2, 0.25) is 5.91 Å². The maximum absolute atomic E-state index is 12.4. The maximum Gasteiger partial charge on any atom is 0.227 e. The van der Waals surface area contributed by atoms with Crippen LogP contribution in [0.15, 0.2) is 29.6 Å². The van der Waals surface area contributed by atoms with Crippen molar-refractivity contribution < 1.29 is 4.79 Å². The van der Waals surface area contributed by atoms with Gasteiger partial charge in [-0.15, -0.1) is 11.3 Å². The Kier molecular flexibility index (Phi) is 4.43. The largest absolute Gasteiger partial charge is 0.388 e. The van der Waals surface area contributed by atoms with Crippen LogP contribution in [0, 0.1) is 6.92 Å². The molecule has 4 nitrogen and oxygen atoms in total. The summed E-state index contributed by atoms with van der Waals surface area (Å²) < 4.78 is 0. The summed E-state index contributed by atoms with van der Waals surface area (Å²) in [7, 11) is 1.92. The zero-order chi connectivity index (χ0) is 15.5. The SMILES string of the molecule is CNc1cc(C)nc([C@H]2CCN(C(=O)Cc3cccs3)C2)c1. The van der Waals surface area contributed by atoms with Gasteiger partial charge < -0.3 is 10.2 Å². The van der Waals surface area contributed by atoms with Crippen molar-refractivity contribution in [3.8, 4) is 0 Å². The first-order valence-corrected chi connectivity index (χ1v) is 8.50. The number of pyridine rings is 1. The highest BCUT2D eigenvalue weighted by Gasteiger charge is 2.28. The molecule has 0 spiro atoms. The fraction of sp³-hybridized carbons (Fsp3) is 0.412. The lowest BCUT2D eigenvalue weighted by molar-refractivity contribution is -0.129. The van der Waals surface area contributed by atoms with Crippen molar-refractivity contribution in [2.24, 2.45) is 0 Å². The van der Waals surface area contributed by atoms with Gasteiger partial charge in [0.1, 0.15) is 0 Å². The molecule has 0 aliphatic carbocycles. The number of aromatic nitrogens is 1. The molecule has 1 fully saturated rings. The van der Waals surface area contributed by atoms with Crippen LogP contribution in [-0.2, 0) is 11.2 Å². The minimum Gasteiger partial charge on any atom is -0.388 e. The molecule has 116 valence electrons. The molecule has 0 radical (unpaired) electrons. The number of rotatable bonds is 4. The van der Waals surface area contributed by atoms with Crippen LogP contribution < -0.4 is 5.32 Å². The van der Waals surface area contributed by atoms with Crippen molar-refractivity contribution >= 4 is 22.9 Å². The van der Waals surface area contributed by atoms with Crippen molar-refractivity contribution in [3.63, 3.8) is 0 Å². The Morgan fingerprint density at radius 2 is 2.36 bits per heavy atom. The standard InChI is InChI=1S/C17H21N3OS/c1-12-8-14(18-2)9-16(19-12)13-5-6-20(11-13)17(21)10-15-4-3-7-22-15/h3-4,7-9,13H,5-6,10-11H2,1-2H3,(H,18,19)/t13-/m0/s1. The monoisotopic (exact) mass is 315 g/mol. The normalized spacial score (nSPS) is 17.7. The summed E-state index contributed by atoms with van der Waals surface area (Å²) in [5, 5.41) is 5.20. The van der Waals surface area contributed by atoms with Gasteiger partial charge >= 0.3 is 0 Å². The Labute approximate surface area is 135 Å². The van der Waals surface area contributed by atoms with E-state index in [1.54, 1.807) is 11.3 Å². The summed E-state index contributed by atoms with van der Waals surface area (Å²) in [6, 6.07) is 8.16. The van der Waals surface area contributed by atoms with Gasteiger partial charge in [-0.3, -0.25) is 9.78 Å². The zero-order valence-corrected chi connectivity index (χ0v) is 13.8. The van der Waals surface area contributed by atoms with E-state index in [0.717, 1.165) is 41.5 Å². The number of thiophene rings is 1. The second kappa shape index (κ2) is 6.48. The number of amides is 1. The molecule has 0 saturated carbocycles. The molecule has 0 aromatic carbocycles. The molecule has 1 atom stereocenters. The average molecular weight is 315 g/mol. The molecular weight excluding hydrogens is 294 g/mol. The van der Waals surface area contributed by atoms with Gasteiger partial charge in [0.25, 0.3) is 0 Å². The fourth-order valence-electron chi connectivity index (χ4n) is 2.95. The lowest BCUT2D eigenvalue weighted by Gasteiger charge is -2.16. The highest BCUT2D eigenvalue weighted by molar-refractivity contribution is 7.10. The highest BCUT2D eigenvalue weighted by Crippen LogP contribution is 2.28. The lowest BCUT2D eigenvalue weighted by Crippen LogP contribution is -2.29. The summed E-state index contributed by atoms with van der Waals surface area (Å²) in [6.45, 7) is 3.63. The van der Waals surface area contributed by atoms with Crippen LogP contribution in [0.3, 0.4) is 0 Å². The molecule has 1 aliphatic heterocycles. The van der Waals surface area contributed by atoms with E-state index < -0.39 is 0 Å². The molecule has 22 heavy (non-hydrogen) atoms. The quantitative estimate of drug-likeness (QED) is 0.943. The number of nitrogens with one attached hydrogen (secondary N) is 1. The van der Waals surface area contributed by atoms with Gasteiger partial charge in [-0.05, 0) is 36.9 Å². The third-order valence-electron chi connectivity index (χ3n) is 4.13. The fourth-order valence-corrected chi connectivity index (χ4v) is 3.65. The summed E-state index contributed by atoms with van der Waals surface area (Å²) >= 11 is 1.65. The summed E-state index contributed by atoms with van der Waals surface area (Å²) in [5.74, 6) is 0.575. The average Bonchev–Trinajstić information content (AvgIpc) is 3.17. The summed E-state index contributed by atoms with van der Waals surface area (Å²) in [6.07, 6.45) is 1.52. The first-order chi connectivity index (χ1) is 10.7. The van der Waals surface area contributed by atoms with Gasteiger partial charge in [0.15, 0.2) is 0 Å². The molecule has 2 aromatic rings. The zero-order valence-electron chi connectivity index (χ0n) is 13.0. The second-order valence-corrected chi connectivity index (χ2v) is 6.79. The molecule has 3 heterocycles. The number of aryl methyl sites for hydroxylation is 1. The van der Waals surface area contributed by atoms with E-state index in [4.69, 9.17) is 0 Å². The number of likely N-dealkylation sites (tertiary alicyclic amines) is 1. The van der Waals surface area contributed by atoms with Crippen LogP contribution >= 0.6 is 11.3 Å². The predicted octanol–water partition coefficient (Wildman–Crippen LogP) is 3.05. The Morgan fingerprint density at radius 1 is 1.50 bits per heavy atom. The highest BCUT2D eigenvalue weighted by atomic mass is 32.1. The molecule has 1 amide bonds. The van der Waals surface area contributed by atoms with E-state index in [9.17, 15) is 4.79 Å². The van der Waals surface area contributed by atoms with Crippen LogP contribution in [0.1, 0.15) is 28.6 Å². The van der Waals surface area contributed by atoms with Crippen LogP contribution in [0.4, 0.5) is 5.69 Å². The maximum atomic E-state index is 12.4. The van der Waals surface area contributed by atoms with Crippen LogP contribution in [-0.4, -0.2) is 35.9 Å². The third kappa shape index (κ3) is 3.30. The van der Waals surface area contributed by atoms with E-state index in [1.165, 1.54) is 0 Å². The molecule has 1 saturated heterocycles. The minimum atomic E-state index is 0.228. The Hall–Kier alpha value is -1.88. The van der Waals surface area contributed by atoms with Crippen LogP contribution in [0.5, 0.6) is 0 Å². The molecule has 0 unspecified atom stereocenters. The van der Waals surface area contributed by atoms with Gasteiger partial charge in [0, 0.05) is 48.0 Å². The summed E-state index contributed by atoms with van der Waals surface area (Å²) in [4.78, 5) is 20.2.